The molecule has 8 nitrogen and oxygen atoms in total. The van der Waals surface area contributed by atoms with Crippen LogP contribution in [0.1, 0.15) is 24.0 Å². The molecule has 0 unspecified atom stereocenters. The Kier molecular flexibility index (Phi) is 5.34. The Balaban J connectivity index is 1.70. The molecule has 1 fully saturated rings. The highest BCUT2D eigenvalue weighted by Gasteiger charge is 2.44. The molecular formula is C19H21ClO8. The molecule has 2 heterocycles. The van der Waals surface area contributed by atoms with Crippen LogP contribution >= 0.6 is 11.6 Å². The molecule has 4 rings (SSSR count). The van der Waals surface area contributed by atoms with Crippen molar-refractivity contribution in [3.05, 3.63) is 38.7 Å². The maximum atomic E-state index is 12.3. The summed E-state index contributed by atoms with van der Waals surface area (Å²) < 4.78 is 16.4. The standard InChI is InChI=1S/C19H21ClO8/c20-11-5-10-8-3-1-2-4-9(8)18(25)26-12(10)6-13(11)27-19-17(24)16(23)15(22)14(7-21)28-19/h5-6,14-17,19,21-24H,1-4,7H2/t14-,15-,16-,17+,19+/m1/s1. The van der Waals surface area contributed by atoms with Crippen LogP contribution in [0.15, 0.2) is 21.3 Å². The lowest BCUT2D eigenvalue weighted by molar-refractivity contribution is -0.277. The predicted molar refractivity (Wildman–Crippen MR) is 98.5 cm³/mol. The Labute approximate surface area is 164 Å². The van der Waals surface area contributed by atoms with E-state index in [0.29, 0.717) is 17.6 Å². The zero-order chi connectivity index (χ0) is 20.0. The summed E-state index contributed by atoms with van der Waals surface area (Å²) in [5, 5.41) is 40.1. The van der Waals surface area contributed by atoms with Crippen LogP contribution in [0.2, 0.25) is 5.02 Å². The summed E-state index contributed by atoms with van der Waals surface area (Å²) >= 11 is 6.34. The molecular weight excluding hydrogens is 392 g/mol. The number of hydrogen-bond donors (Lipinski definition) is 4. The average molecular weight is 413 g/mol. The number of aryl methyl sites for hydroxylation is 1. The first-order valence-electron chi connectivity index (χ1n) is 9.16. The highest BCUT2D eigenvalue weighted by molar-refractivity contribution is 6.32. The number of rotatable bonds is 3. The molecule has 4 N–H and O–H groups in total. The first-order chi connectivity index (χ1) is 13.4. The molecule has 2 aliphatic rings. The third kappa shape index (κ3) is 3.30. The average Bonchev–Trinajstić information content (AvgIpc) is 2.70. The number of halogens is 1. The number of aliphatic hydroxyl groups is 4. The van der Waals surface area contributed by atoms with Crippen LogP contribution in [-0.2, 0) is 17.6 Å². The van der Waals surface area contributed by atoms with Crippen molar-refractivity contribution in [1.82, 2.24) is 0 Å². The van der Waals surface area contributed by atoms with Gasteiger partial charge in [0.1, 0.15) is 35.7 Å². The van der Waals surface area contributed by atoms with Crippen molar-refractivity contribution in [2.45, 2.75) is 56.4 Å². The molecule has 9 heteroatoms. The van der Waals surface area contributed by atoms with Crippen LogP contribution in [0.5, 0.6) is 5.75 Å². The lowest BCUT2D eigenvalue weighted by Crippen LogP contribution is -2.60. The molecule has 152 valence electrons. The van der Waals surface area contributed by atoms with Crippen LogP contribution in [0.3, 0.4) is 0 Å². The minimum Gasteiger partial charge on any atom is -0.460 e. The zero-order valence-electron chi connectivity index (χ0n) is 14.9. The highest BCUT2D eigenvalue weighted by atomic mass is 35.5. The van der Waals surface area contributed by atoms with E-state index in [1.165, 1.54) is 6.07 Å². The summed E-state index contributed by atoms with van der Waals surface area (Å²) in [7, 11) is 0. The summed E-state index contributed by atoms with van der Waals surface area (Å²) in [6.07, 6.45) is -3.75. The second-order valence-electron chi connectivity index (χ2n) is 7.15. The van der Waals surface area contributed by atoms with Gasteiger partial charge in [-0.3, -0.25) is 0 Å². The molecule has 1 aromatic carbocycles. The molecule has 28 heavy (non-hydrogen) atoms. The van der Waals surface area contributed by atoms with E-state index in [1.807, 2.05) is 0 Å². The fourth-order valence-electron chi connectivity index (χ4n) is 3.82. The van der Waals surface area contributed by atoms with Crippen molar-refractivity contribution in [3.63, 3.8) is 0 Å². The first-order valence-corrected chi connectivity index (χ1v) is 9.53. The van der Waals surface area contributed by atoms with Gasteiger partial charge < -0.3 is 34.3 Å². The van der Waals surface area contributed by atoms with Crippen LogP contribution in [0.4, 0.5) is 0 Å². The van der Waals surface area contributed by atoms with E-state index in [1.54, 1.807) is 6.07 Å². The summed E-state index contributed by atoms with van der Waals surface area (Å²) in [5.41, 5.74) is 1.52. The van der Waals surface area contributed by atoms with Gasteiger partial charge in [0.15, 0.2) is 0 Å². The van der Waals surface area contributed by atoms with Crippen LogP contribution in [0.25, 0.3) is 11.0 Å². The molecule has 0 spiro atoms. The summed E-state index contributed by atoms with van der Waals surface area (Å²) in [5.74, 6) is 0.0809. The molecule has 0 bridgehead atoms. The van der Waals surface area contributed by atoms with E-state index in [0.717, 1.165) is 30.2 Å². The lowest BCUT2D eigenvalue weighted by Gasteiger charge is -2.39. The van der Waals surface area contributed by atoms with Crippen molar-refractivity contribution >= 4 is 22.6 Å². The van der Waals surface area contributed by atoms with E-state index in [2.05, 4.69) is 0 Å². The molecule has 2 aromatic rings. The third-order valence-corrected chi connectivity index (χ3v) is 5.66. The Morgan fingerprint density at radius 2 is 1.79 bits per heavy atom. The number of fused-ring (bicyclic) bond motifs is 3. The molecule has 0 amide bonds. The maximum Gasteiger partial charge on any atom is 0.339 e. The van der Waals surface area contributed by atoms with Crippen molar-refractivity contribution < 1.29 is 34.3 Å². The fraction of sp³-hybridized carbons (Fsp3) is 0.526. The second kappa shape index (κ2) is 7.62. The van der Waals surface area contributed by atoms with Crippen molar-refractivity contribution in [1.29, 1.82) is 0 Å². The lowest BCUT2D eigenvalue weighted by atomic mass is 9.90. The van der Waals surface area contributed by atoms with Crippen molar-refractivity contribution in [2.24, 2.45) is 0 Å². The molecule has 1 aromatic heterocycles. The molecule has 0 saturated carbocycles. The third-order valence-electron chi connectivity index (χ3n) is 5.37. The smallest absolute Gasteiger partial charge is 0.339 e. The highest BCUT2D eigenvalue weighted by Crippen LogP contribution is 2.36. The van der Waals surface area contributed by atoms with Gasteiger partial charge in [-0.1, -0.05) is 11.6 Å². The predicted octanol–water partition coefficient (Wildman–Crippen LogP) is 0.504. The van der Waals surface area contributed by atoms with Gasteiger partial charge in [0.25, 0.3) is 0 Å². The quantitative estimate of drug-likeness (QED) is 0.536. The number of benzene rings is 1. The van der Waals surface area contributed by atoms with E-state index in [4.69, 9.17) is 25.5 Å². The van der Waals surface area contributed by atoms with Gasteiger partial charge in [-0.25, -0.2) is 4.79 Å². The molecule has 1 aliphatic heterocycles. The van der Waals surface area contributed by atoms with Crippen molar-refractivity contribution in [3.8, 4) is 5.75 Å². The van der Waals surface area contributed by atoms with Gasteiger partial charge in [-0.15, -0.1) is 0 Å². The second-order valence-corrected chi connectivity index (χ2v) is 7.55. The molecule has 0 radical (unpaired) electrons. The van der Waals surface area contributed by atoms with Gasteiger partial charge in [-0.2, -0.15) is 0 Å². The van der Waals surface area contributed by atoms with Gasteiger partial charge in [-0.05, 0) is 37.3 Å². The van der Waals surface area contributed by atoms with Gasteiger partial charge in [0.05, 0.1) is 11.6 Å². The largest absolute Gasteiger partial charge is 0.460 e. The van der Waals surface area contributed by atoms with E-state index in [-0.39, 0.29) is 16.4 Å². The molecule has 1 saturated heterocycles. The van der Waals surface area contributed by atoms with Crippen LogP contribution in [-0.4, -0.2) is 57.7 Å². The summed E-state index contributed by atoms with van der Waals surface area (Å²) in [6.45, 7) is -0.572. The summed E-state index contributed by atoms with van der Waals surface area (Å²) in [4.78, 5) is 12.3. The van der Waals surface area contributed by atoms with Gasteiger partial charge in [0.2, 0.25) is 6.29 Å². The normalized spacial score (nSPS) is 30.2. The molecule has 1 aliphatic carbocycles. The van der Waals surface area contributed by atoms with E-state index < -0.39 is 37.3 Å². The molecule has 5 atom stereocenters. The Morgan fingerprint density at radius 3 is 2.50 bits per heavy atom. The topological polar surface area (TPSA) is 130 Å². The van der Waals surface area contributed by atoms with Crippen LogP contribution in [0, 0.1) is 0 Å². The fourth-order valence-corrected chi connectivity index (χ4v) is 4.03. The Bertz CT molecular complexity index is 940. The number of ether oxygens (including phenoxy) is 2. The minimum absolute atomic E-state index is 0.0809. The number of hydrogen-bond acceptors (Lipinski definition) is 8. The minimum atomic E-state index is -1.57. The van der Waals surface area contributed by atoms with Gasteiger partial charge >= 0.3 is 5.63 Å². The van der Waals surface area contributed by atoms with E-state index in [9.17, 15) is 25.2 Å². The van der Waals surface area contributed by atoms with E-state index >= 15 is 0 Å². The Hall–Kier alpha value is -1.68. The van der Waals surface area contributed by atoms with Crippen LogP contribution < -0.4 is 10.4 Å². The van der Waals surface area contributed by atoms with Crippen molar-refractivity contribution in [2.75, 3.05) is 6.61 Å². The van der Waals surface area contributed by atoms with Gasteiger partial charge in [0, 0.05) is 17.0 Å². The Morgan fingerprint density at radius 1 is 1.07 bits per heavy atom. The monoisotopic (exact) mass is 412 g/mol. The maximum absolute atomic E-state index is 12.3. The SMILES string of the molecule is O=c1oc2cc(O[C@H]3O[C@H](CO)[C@@H](O)[C@@H](O)[C@@H]3O)c(Cl)cc2c2c1CCCC2. The first kappa shape index (κ1) is 19.6. The number of aliphatic hydroxyl groups excluding tert-OH is 4. The zero-order valence-corrected chi connectivity index (χ0v) is 15.6. The summed E-state index contributed by atoms with van der Waals surface area (Å²) in [6, 6.07) is 3.08.